The Balaban J connectivity index is 1.61. The fraction of sp³-hybridized carbons (Fsp3) is 0.409. The molecule has 144 valence electrons. The zero-order valence-electron chi connectivity index (χ0n) is 16.3. The molecule has 0 saturated heterocycles. The molecule has 0 aliphatic heterocycles. The number of rotatable bonds is 9. The van der Waals surface area contributed by atoms with Crippen LogP contribution in [-0.4, -0.2) is 37.6 Å². The van der Waals surface area contributed by atoms with Crippen molar-refractivity contribution in [1.82, 2.24) is 4.90 Å². The minimum atomic E-state index is -0.0145. The molecule has 3 rings (SSSR count). The molecule has 2 aromatic rings. The number of benzene rings is 2. The number of hydrogen-bond acceptors (Lipinski definition) is 4. The average Bonchev–Trinajstić information content (AvgIpc) is 3.53. The summed E-state index contributed by atoms with van der Waals surface area (Å²) in [4.78, 5) is 14.8. The summed E-state index contributed by atoms with van der Waals surface area (Å²) in [6, 6.07) is 14.6. The van der Waals surface area contributed by atoms with Gasteiger partial charge in [0.1, 0.15) is 0 Å². The lowest BCUT2D eigenvalue weighted by molar-refractivity contribution is -0.117. The van der Waals surface area contributed by atoms with Gasteiger partial charge in [-0.05, 0) is 42.5 Å². The number of ether oxygens (including phenoxy) is 2. The van der Waals surface area contributed by atoms with Crippen molar-refractivity contribution in [1.29, 1.82) is 0 Å². The van der Waals surface area contributed by atoms with E-state index in [4.69, 9.17) is 9.47 Å². The largest absolute Gasteiger partial charge is 0.493 e. The minimum absolute atomic E-state index is 0.0145. The third-order valence-electron chi connectivity index (χ3n) is 4.89. The van der Waals surface area contributed by atoms with Crippen molar-refractivity contribution in [3.63, 3.8) is 0 Å². The molecule has 1 aliphatic carbocycles. The van der Waals surface area contributed by atoms with Crippen LogP contribution in [0.4, 0.5) is 5.69 Å². The third-order valence-corrected chi connectivity index (χ3v) is 4.89. The van der Waals surface area contributed by atoms with Gasteiger partial charge in [0.25, 0.3) is 0 Å². The van der Waals surface area contributed by atoms with E-state index in [1.807, 2.05) is 6.07 Å². The molecule has 1 saturated carbocycles. The number of anilines is 1. The highest BCUT2D eigenvalue weighted by Gasteiger charge is 2.30. The normalized spacial score (nSPS) is 13.5. The highest BCUT2D eigenvalue weighted by Crippen LogP contribution is 2.30. The first-order valence-corrected chi connectivity index (χ1v) is 9.46. The van der Waals surface area contributed by atoms with Gasteiger partial charge in [0.05, 0.1) is 20.8 Å². The SMILES string of the molecule is CCc1ccc(CN(CC(=O)Nc2ccc(OC)c(OC)c2)C2CC2)cc1. The Morgan fingerprint density at radius 1 is 1.04 bits per heavy atom. The first-order chi connectivity index (χ1) is 13.1. The molecule has 0 bridgehead atoms. The molecule has 0 spiro atoms. The molecule has 0 unspecified atom stereocenters. The maximum Gasteiger partial charge on any atom is 0.238 e. The van der Waals surface area contributed by atoms with Crippen LogP contribution in [0.25, 0.3) is 0 Å². The molecule has 1 fully saturated rings. The molecule has 5 heteroatoms. The van der Waals surface area contributed by atoms with Gasteiger partial charge in [-0.1, -0.05) is 31.2 Å². The van der Waals surface area contributed by atoms with E-state index >= 15 is 0 Å². The van der Waals surface area contributed by atoms with Crippen LogP contribution >= 0.6 is 0 Å². The number of methoxy groups -OCH3 is 2. The summed E-state index contributed by atoms with van der Waals surface area (Å²) in [6.07, 6.45) is 3.37. The van der Waals surface area contributed by atoms with Crippen molar-refractivity contribution in [3.05, 3.63) is 53.6 Å². The second kappa shape index (κ2) is 8.91. The topological polar surface area (TPSA) is 50.8 Å². The van der Waals surface area contributed by atoms with Crippen LogP contribution in [0.5, 0.6) is 11.5 Å². The second-order valence-corrected chi connectivity index (χ2v) is 6.92. The van der Waals surface area contributed by atoms with E-state index < -0.39 is 0 Å². The highest BCUT2D eigenvalue weighted by atomic mass is 16.5. The minimum Gasteiger partial charge on any atom is -0.493 e. The predicted molar refractivity (Wildman–Crippen MR) is 107 cm³/mol. The van der Waals surface area contributed by atoms with Gasteiger partial charge in [-0.15, -0.1) is 0 Å². The van der Waals surface area contributed by atoms with E-state index in [-0.39, 0.29) is 5.91 Å². The van der Waals surface area contributed by atoms with Crippen LogP contribution in [-0.2, 0) is 17.8 Å². The summed E-state index contributed by atoms with van der Waals surface area (Å²) in [7, 11) is 3.18. The molecule has 1 N–H and O–H groups in total. The first-order valence-electron chi connectivity index (χ1n) is 9.46. The smallest absolute Gasteiger partial charge is 0.238 e. The lowest BCUT2D eigenvalue weighted by Gasteiger charge is -2.22. The van der Waals surface area contributed by atoms with Crippen LogP contribution < -0.4 is 14.8 Å². The molecule has 0 heterocycles. The maximum atomic E-state index is 12.6. The number of nitrogens with zero attached hydrogens (tertiary/aromatic N) is 1. The molecule has 1 aliphatic rings. The maximum absolute atomic E-state index is 12.6. The monoisotopic (exact) mass is 368 g/mol. The number of amides is 1. The van der Waals surface area contributed by atoms with Crippen molar-refractivity contribution < 1.29 is 14.3 Å². The van der Waals surface area contributed by atoms with Gasteiger partial charge in [-0.3, -0.25) is 9.69 Å². The average molecular weight is 368 g/mol. The van der Waals surface area contributed by atoms with E-state index in [0.29, 0.717) is 29.8 Å². The first kappa shape index (κ1) is 19.2. The van der Waals surface area contributed by atoms with E-state index in [9.17, 15) is 4.79 Å². The van der Waals surface area contributed by atoms with Crippen molar-refractivity contribution in [3.8, 4) is 11.5 Å². The lowest BCUT2D eigenvalue weighted by Crippen LogP contribution is -2.34. The second-order valence-electron chi connectivity index (χ2n) is 6.92. The number of carbonyl (C=O) groups is 1. The lowest BCUT2D eigenvalue weighted by atomic mass is 10.1. The molecular formula is C22H28N2O3. The molecule has 27 heavy (non-hydrogen) atoms. The summed E-state index contributed by atoms with van der Waals surface area (Å²) in [5, 5.41) is 2.97. The van der Waals surface area contributed by atoms with Gasteiger partial charge >= 0.3 is 0 Å². The van der Waals surface area contributed by atoms with Gasteiger partial charge in [-0.2, -0.15) is 0 Å². The van der Waals surface area contributed by atoms with Gasteiger partial charge in [0.15, 0.2) is 11.5 Å². The van der Waals surface area contributed by atoms with Crippen molar-refractivity contribution in [2.45, 2.75) is 38.8 Å². The van der Waals surface area contributed by atoms with Crippen molar-refractivity contribution >= 4 is 11.6 Å². The number of carbonyl (C=O) groups excluding carboxylic acids is 1. The fourth-order valence-corrected chi connectivity index (χ4v) is 3.17. The molecule has 0 atom stereocenters. The van der Waals surface area contributed by atoms with Crippen LogP contribution in [0.1, 0.15) is 30.9 Å². The van der Waals surface area contributed by atoms with E-state index in [1.54, 1.807) is 26.4 Å². The summed E-state index contributed by atoms with van der Waals surface area (Å²) in [5.41, 5.74) is 3.29. The number of nitrogens with one attached hydrogen (secondary N) is 1. The van der Waals surface area contributed by atoms with Gasteiger partial charge < -0.3 is 14.8 Å². The Bertz CT molecular complexity index is 770. The van der Waals surface area contributed by atoms with E-state index in [2.05, 4.69) is 41.4 Å². The standard InChI is InChI=1S/C22H28N2O3/c1-4-16-5-7-17(8-6-16)14-24(19-10-11-19)15-22(25)23-18-9-12-20(26-2)21(13-18)27-3/h5-9,12-13,19H,4,10-11,14-15H2,1-3H3,(H,23,25). The van der Waals surface area contributed by atoms with Crippen LogP contribution in [0, 0.1) is 0 Å². The molecule has 1 amide bonds. The van der Waals surface area contributed by atoms with Crippen molar-refractivity contribution in [2.75, 3.05) is 26.1 Å². The van der Waals surface area contributed by atoms with Crippen LogP contribution in [0.2, 0.25) is 0 Å². The van der Waals surface area contributed by atoms with Gasteiger partial charge in [0.2, 0.25) is 5.91 Å². The zero-order chi connectivity index (χ0) is 19.2. The quantitative estimate of drug-likeness (QED) is 0.730. The van der Waals surface area contributed by atoms with Gasteiger partial charge in [0, 0.05) is 24.3 Å². The third kappa shape index (κ3) is 5.23. The van der Waals surface area contributed by atoms with E-state index in [1.165, 1.54) is 11.1 Å². The Morgan fingerprint density at radius 3 is 2.30 bits per heavy atom. The molecule has 5 nitrogen and oxygen atoms in total. The Morgan fingerprint density at radius 2 is 1.70 bits per heavy atom. The van der Waals surface area contributed by atoms with Gasteiger partial charge in [-0.25, -0.2) is 0 Å². The molecular weight excluding hydrogens is 340 g/mol. The Labute approximate surface area is 161 Å². The van der Waals surface area contributed by atoms with Crippen molar-refractivity contribution in [2.24, 2.45) is 0 Å². The molecule has 0 radical (unpaired) electrons. The number of aryl methyl sites for hydroxylation is 1. The molecule has 2 aromatic carbocycles. The summed E-state index contributed by atoms with van der Waals surface area (Å²) in [5.74, 6) is 1.23. The van der Waals surface area contributed by atoms with Crippen LogP contribution in [0.15, 0.2) is 42.5 Å². The summed E-state index contributed by atoms with van der Waals surface area (Å²) in [6.45, 7) is 3.34. The fourth-order valence-electron chi connectivity index (χ4n) is 3.17. The highest BCUT2D eigenvalue weighted by molar-refractivity contribution is 5.92. The summed E-state index contributed by atoms with van der Waals surface area (Å²) < 4.78 is 10.5. The summed E-state index contributed by atoms with van der Waals surface area (Å²) >= 11 is 0. The number of hydrogen-bond donors (Lipinski definition) is 1. The Hall–Kier alpha value is -2.53. The predicted octanol–water partition coefficient (Wildman–Crippen LogP) is 3.87. The van der Waals surface area contributed by atoms with Crippen LogP contribution in [0.3, 0.4) is 0 Å². The zero-order valence-corrected chi connectivity index (χ0v) is 16.3. The molecule has 0 aromatic heterocycles. The van der Waals surface area contributed by atoms with E-state index in [0.717, 1.165) is 25.8 Å². The Kier molecular flexibility index (Phi) is 6.35.